The van der Waals surface area contributed by atoms with Crippen molar-refractivity contribution in [2.75, 3.05) is 7.05 Å². The summed E-state index contributed by atoms with van der Waals surface area (Å²) in [5.74, 6) is -1.85. The van der Waals surface area contributed by atoms with E-state index in [1.54, 1.807) is 12.1 Å². The summed E-state index contributed by atoms with van der Waals surface area (Å²) < 4.78 is 18.6. The minimum absolute atomic E-state index is 0.186. The first-order valence-corrected chi connectivity index (χ1v) is 7.84. The van der Waals surface area contributed by atoms with Gasteiger partial charge in [0.25, 0.3) is 5.91 Å². The number of carbonyl (C=O) groups is 2. The molecule has 0 saturated heterocycles. The van der Waals surface area contributed by atoms with Gasteiger partial charge in [-0.05, 0) is 24.6 Å². The zero-order valence-corrected chi connectivity index (χ0v) is 14.1. The van der Waals surface area contributed by atoms with Crippen molar-refractivity contribution >= 4 is 11.9 Å². The fourth-order valence-corrected chi connectivity index (χ4v) is 2.46. The second kappa shape index (κ2) is 8.28. The highest BCUT2D eigenvalue weighted by molar-refractivity contribution is 5.86. The highest BCUT2D eigenvalue weighted by Gasteiger charge is 2.30. The van der Waals surface area contributed by atoms with Gasteiger partial charge in [-0.1, -0.05) is 36.4 Å². The lowest BCUT2D eigenvalue weighted by atomic mass is 10.0. The van der Waals surface area contributed by atoms with Crippen LogP contribution in [0.25, 0.3) is 0 Å². The lowest BCUT2D eigenvalue weighted by Crippen LogP contribution is -2.48. The molecule has 0 radical (unpaired) electrons. The third kappa shape index (κ3) is 5.04. The van der Waals surface area contributed by atoms with Gasteiger partial charge >= 0.3 is 5.97 Å². The summed E-state index contributed by atoms with van der Waals surface area (Å²) in [4.78, 5) is 25.3. The van der Waals surface area contributed by atoms with Crippen LogP contribution in [0.3, 0.4) is 0 Å². The molecule has 0 aliphatic carbocycles. The quantitative estimate of drug-likeness (QED) is 0.838. The van der Waals surface area contributed by atoms with Crippen molar-refractivity contribution in [3.63, 3.8) is 0 Å². The third-order valence-electron chi connectivity index (χ3n) is 3.83. The molecule has 0 heterocycles. The van der Waals surface area contributed by atoms with Crippen LogP contribution in [0.1, 0.15) is 12.5 Å². The molecule has 2 aromatic carbocycles. The molecule has 6 heteroatoms. The van der Waals surface area contributed by atoms with Gasteiger partial charge in [-0.15, -0.1) is 0 Å². The molecule has 1 amide bonds. The molecule has 1 N–H and O–H groups in total. The number of carbonyl (C=O) groups excluding carboxylic acids is 1. The first-order chi connectivity index (χ1) is 11.9. The fraction of sp³-hybridized carbons (Fsp3) is 0.263. The smallest absolute Gasteiger partial charge is 0.326 e. The molecule has 2 unspecified atom stereocenters. The van der Waals surface area contributed by atoms with E-state index in [2.05, 4.69) is 0 Å². The van der Waals surface area contributed by atoms with Crippen LogP contribution in [0.4, 0.5) is 4.39 Å². The van der Waals surface area contributed by atoms with Gasteiger partial charge < -0.3 is 14.7 Å². The molecule has 0 fully saturated rings. The number of amides is 1. The van der Waals surface area contributed by atoms with Crippen LogP contribution in [0.15, 0.2) is 54.6 Å². The van der Waals surface area contributed by atoms with Crippen molar-refractivity contribution in [2.24, 2.45) is 0 Å². The Kier molecular flexibility index (Phi) is 6.11. The van der Waals surface area contributed by atoms with E-state index in [-0.39, 0.29) is 12.2 Å². The molecular formula is C19H20FNO4. The minimum atomic E-state index is -1.10. The fourth-order valence-electron chi connectivity index (χ4n) is 2.46. The average molecular weight is 345 g/mol. The molecule has 2 atom stereocenters. The molecule has 5 nitrogen and oxygen atoms in total. The number of likely N-dealkylation sites (N-methyl/N-ethyl adjacent to an activating group) is 1. The Labute approximate surface area is 145 Å². The van der Waals surface area contributed by atoms with E-state index in [0.29, 0.717) is 0 Å². The Morgan fingerprint density at radius 2 is 1.84 bits per heavy atom. The maximum atomic E-state index is 13.2. The second-order valence-electron chi connectivity index (χ2n) is 5.71. The Balaban J connectivity index is 2.08. The Morgan fingerprint density at radius 1 is 1.16 bits per heavy atom. The van der Waals surface area contributed by atoms with Crippen molar-refractivity contribution < 1.29 is 23.8 Å². The predicted octanol–water partition coefficient (Wildman–Crippen LogP) is 2.75. The maximum Gasteiger partial charge on any atom is 0.326 e. The molecule has 0 aliphatic rings. The van der Waals surface area contributed by atoms with Crippen molar-refractivity contribution in [3.8, 4) is 5.75 Å². The van der Waals surface area contributed by atoms with E-state index in [4.69, 9.17) is 4.74 Å². The molecule has 0 aromatic heterocycles. The van der Waals surface area contributed by atoms with Gasteiger partial charge in [0.15, 0.2) is 6.10 Å². The Hall–Kier alpha value is -2.89. The first-order valence-electron chi connectivity index (χ1n) is 7.84. The van der Waals surface area contributed by atoms with Gasteiger partial charge in [-0.3, -0.25) is 4.79 Å². The summed E-state index contributed by atoms with van der Waals surface area (Å²) in [6.07, 6.45) is -0.755. The Bertz CT molecular complexity index is 735. The van der Waals surface area contributed by atoms with Gasteiger partial charge in [0.1, 0.15) is 17.6 Å². The number of ether oxygens (including phenoxy) is 1. The number of hydrogen-bond donors (Lipinski definition) is 1. The highest BCUT2D eigenvalue weighted by Crippen LogP contribution is 2.16. The first kappa shape index (κ1) is 18.4. The van der Waals surface area contributed by atoms with Crippen molar-refractivity contribution in [1.29, 1.82) is 0 Å². The van der Waals surface area contributed by atoms with Gasteiger partial charge in [0.2, 0.25) is 0 Å². The lowest BCUT2D eigenvalue weighted by Gasteiger charge is -2.27. The molecule has 0 spiro atoms. The monoisotopic (exact) mass is 345 g/mol. The van der Waals surface area contributed by atoms with Gasteiger partial charge in [-0.2, -0.15) is 0 Å². The van der Waals surface area contributed by atoms with E-state index in [1.165, 1.54) is 38.2 Å². The third-order valence-corrected chi connectivity index (χ3v) is 3.83. The van der Waals surface area contributed by atoms with Crippen LogP contribution in [-0.2, 0) is 16.0 Å². The summed E-state index contributed by atoms with van der Waals surface area (Å²) in [5, 5.41) is 9.48. The highest BCUT2D eigenvalue weighted by atomic mass is 19.1. The molecule has 2 aromatic rings. The Morgan fingerprint density at radius 3 is 2.44 bits per heavy atom. The number of aliphatic carboxylic acids is 1. The average Bonchev–Trinajstić information content (AvgIpc) is 2.59. The largest absolute Gasteiger partial charge is 0.481 e. The van der Waals surface area contributed by atoms with Crippen molar-refractivity contribution in [3.05, 3.63) is 66.0 Å². The number of benzene rings is 2. The van der Waals surface area contributed by atoms with Crippen LogP contribution < -0.4 is 4.74 Å². The van der Waals surface area contributed by atoms with Crippen molar-refractivity contribution in [2.45, 2.75) is 25.5 Å². The number of halogens is 1. The number of nitrogens with zero attached hydrogens (tertiary/aromatic N) is 1. The normalized spacial score (nSPS) is 12.9. The van der Waals surface area contributed by atoms with E-state index in [9.17, 15) is 19.1 Å². The zero-order valence-electron chi connectivity index (χ0n) is 14.1. The van der Waals surface area contributed by atoms with Crippen LogP contribution in [0, 0.1) is 5.82 Å². The standard InChI is InChI=1S/C19H20FNO4/c1-13(25-16-10-6-9-15(20)12-16)18(22)21(2)17(19(23)24)11-14-7-4-3-5-8-14/h3-10,12-13,17H,11H2,1-2H3,(H,23,24). The molecule has 0 bridgehead atoms. The van der Waals surface area contributed by atoms with Crippen molar-refractivity contribution in [1.82, 2.24) is 4.90 Å². The van der Waals surface area contributed by atoms with E-state index in [1.807, 2.05) is 18.2 Å². The molecule has 132 valence electrons. The topological polar surface area (TPSA) is 66.8 Å². The summed E-state index contributed by atoms with van der Waals surface area (Å²) in [6.45, 7) is 1.51. The molecular weight excluding hydrogens is 325 g/mol. The van der Waals surface area contributed by atoms with E-state index < -0.39 is 29.8 Å². The molecule has 0 saturated carbocycles. The number of carboxylic acids is 1. The molecule has 2 rings (SSSR count). The van der Waals surface area contributed by atoms with Crippen LogP contribution >= 0.6 is 0 Å². The lowest BCUT2D eigenvalue weighted by molar-refractivity contribution is -0.151. The number of carboxylic acid groups (broad SMARTS) is 1. The van der Waals surface area contributed by atoms with Gasteiger partial charge in [0.05, 0.1) is 0 Å². The summed E-state index contributed by atoms with van der Waals surface area (Å²) in [7, 11) is 1.43. The predicted molar refractivity (Wildman–Crippen MR) is 90.8 cm³/mol. The number of hydrogen-bond acceptors (Lipinski definition) is 3. The van der Waals surface area contributed by atoms with Crippen LogP contribution in [-0.4, -0.2) is 41.1 Å². The summed E-state index contributed by atoms with van der Waals surface area (Å²) >= 11 is 0. The number of rotatable bonds is 7. The zero-order chi connectivity index (χ0) is 18.4. The van der Waals surface area contributed by atoms with Gasteiger partial charge in [-0.25, -0.2) is 9.18 Å². The van der Waals surface area contributed by atoms with Crippen LogP contribution in [0.5, 0.6) is 5.75 Å². The van der Waals surface area contributed by atoms with E-state index >= 15 is 0 Å². The maximum absolute atomic E-state index is 13.2. The molecule has 0 aliphatic heterocycles. The van der Waals surface area contributed by atoms with Gasteiger partial charge in [0, 0.05) is 19.5 Å². The summed E-state index contributed by atoms with van der Waals surface area (Å²) in [5.41, 5.74) is 0.813. The SMILES string of the molecule is CC(Oc1cccc(F)c1)C(=O)N(C)C(Cc1ccccc1)C(=O)O. The second-order valence-corrected chi connectivity index (χ2v) is 5.71. The summed E-state index contributed by atoms with van der Waals surface area (Å²) in [6, 6.07) is 13.5. The molecule has 25 heavy (non-hydrogen) atoms. The van der Waals surface area contributed by atoms with Crippen LogP contribution in [0.2, 0.25) is 0 Å². The minimum Gasteiger partial charge on any atom is -0.481 e. The van der Waals surface area contributed by atoms with E-state index in [0.717, 1.165) is 10.5 Å².